The lowest BCUT2D eigenvalue weighted by molar-refractivity contribution is -0.131. The first-order valence-corrected chi connectivity index (χ1v) is 6.50. The molecule has 6 nitrogen and oxygen atoms in total. The van der Waals surface area contributed by atoms with E-state index < -0.39 is 6.04 Å². The summed E-state index contributed by atoms with van der Waals surface area (Å²) >= 11 is 0. The van der Waals surface area contributed by atoms with Gasteiger partial charge in [0.05, 0.1) is 0 Å². The Morgan fingerprint density at radius 3 is 2.70 bits per heavy atom. The van der Waals surface area contributed by atoms with Gasteiger partial charge in [0, 0.05) is 25.7 Å². The van der Waals surface area contributed by atoms with Gasteiger partial charge in [-0.15, -0.1) is 0 Å². The standard InChI is InChI=1S/C14H18N4O2/c15-6-7-16-9-12-14(20)17-11(13(19)18-12)8-10-4-2-1-3-5-10/h1-5,9,11,16H,6-8,15H2,(H,17,20)(H,18,19)/b12-9+/t11-/m0/s1. The fourth-order valence-electron chi connectivity index (χ4n) is 1.93. The van der Waals surface area contributed by atoms with E-state index in [0.717, 1.165) is 5.56 Å². The SMILES string of the molecule is NCCN/C=C1/NC(=O)[C@H](Cc2ccccc2)NC1=O. The monoisotopic (exact) mass is 274 g/mol. The normalized spacial score (nSPS) is 20.4. The molecule has 1 aliphatic rings. The lowest BCUT2D eigenvalue weighted by Gasteiger charge is -2.25. The smallest absolute Gasteiger partial charge is 0.269 e. The molecule has 1 aliphatic heterocycles. The van der Waals surface area contributed by atoms with Gasteiger partial charge in [0.1, 0.15) is 11.7 Å². The molecule has 5 N–H and O–H groups in total. The van der Waals surface area contributed by atoms with Crippen molar-refractivity contribution in [3.05, 3.63) is 47.8 Å². The molecule has 0 spiro atoms. The van der Waals surface area contributed by atoms with Gasteiger partial charge in [-0.25, -0.2) is 0 Å². The number of hydrogen-bond donors (Lipinski definition) is 4. The molecule has 2 rings (SSSR count). The average Bonchev–Trinajstić information content (AvgIpc) is 2.45. The molecule has 0 aromatic heterocycles. The summed E-state index contributed by atoms with van der Waals surface area (Å²) in [7, 11) is 0. The summed E-state index contributed by atoms with van der Waals surface area (Å²) in [6.45, 7) is 0.996. The molecular weight excluding hydrogens is 256 g/mol. The third kappa shape index (κ3) is 3.58. The quantitative estimate of drug-likeness (QED) is 0.419. The van der Waals surface area contributed by atoms with Crippen molar-refractivity contribution in [2.75, 3.05) is 13.1 Å². The molecule has 0 unspecified atom stereocenters. The molecule has 1 heterocycles. The Hall–Kier alpha value is -2.34. The van der Waals surface area contributed by atoms with Crippen molar-refractivity contribution in [1.82, 2.24) is 16.0 Å². The molecule has 0 saturated carbocycles. The van der Waals surface area contributed by atoms with Gasteiger partial charge in [0.2, 0.25) is 5.91 Å². The van der Waals surface area contributed by atoms with Gasteiger partial charge in [-0.2, -0.15) is 0 Å². The number of nitrogens with one attached hydrogen (secondary N) is 3. The Morgan fingerprint density at radius 1 is 1.25 bits per heavy atom. The first-order chi connectivity index (χ1) is 9.70. The zero-order valence-corrected chi connectivity index (χ0v) is 11.1. The van der Waals surface area contributed by atoms with E-state index in [1.807, 2.05) is 30.3 Å². The maximum atomic E-state index is 12.0. The topological polar surface area (TPSA) is 96.2 Å². The van der Waals surface area contributed by atoms with Crippen molar-refractivity contribution in [2.24, 2.45) is 5.73 Å². The molecule has 1 atom stereocenters. The number of piperazine rings is 1. The van der Waals surface area contributed by atoms with E-state index in [2.05, 4.69) is 16.0 Å². The Morgan fingerprint density at radius 2 is 2.00 bits per heavy atom. The van der Waals surface area contributed by atoms with E-state index >= 15 is 0 Å². The predicted molar refractivity (Wildman–Crippen MR) is 75.4 cm³/mol. The fourth-order valence-corrected chi connectivity index (χ4v) is 1.93. The third-order valence-electron chi connectivity index (χ3n) is 2.94. The van der Waals surface area contributed by atoms with Crippen molar-refractivity contribution >= 4 is 11.8 Å². The lowest BCUT2D eigenvalue weighted by Crippen LogP contribution is -2.55. The number of carbonyl (C=O) groups excluding carboxylic acids is 2. The number of hydrogen-bond acceptors (Lipinski definition) is 4. The molecule has 2 amide bonds. The maximum absolute atomic E-state index is 12.0. The van der Waals surface area contributed by atoms with Gasteiger partial charge < -0.3 is 21.7 Å². The van der Waals surface area contributed by atoms with Crippen LogP contribution >= 0.6 is 0 Å². The summed E-state index contributed by atoms with van der Waals surface area (Å²) in [6, 6.07) is 9.02. The molecule has 106 valence electrons. The van der Waals surface area contributed by atoms with Crippen LogP contribution in [0.3, 0.4) is 0 Å². The number of nitrogens with two attached hydrogens (primary N) is 1. The number of rotatable bonds is 5. The summed E-state index contributed by atoms with van der Waals surface area (Å²) in [5.41, 5.74) is 6.55. The minimum Gasteiger partial charge on any atom is -0.388 e. The van der Waals surface area contributed by atoms with Crippen LogP contribution in [0, 0.1) is 0 Å². The highest BCUT2D eigenvalue weighted by Crippen LogP contribution is 2.07. The second-order valence-corrected chi connectivity index (χ2v) is 4.51. The second-order valence-electron chi connectivity index (χ2n) is 4.51. The van der Waals surface area contributed by atoms with Crippen LogP contribution in [0.25, 0.3) is 0 Å². The van der Waals surface area contributed by atoms with Gasteiger partial charge in [-0.3, -0.25) is 9.59 Å². The van der Waals surface area contributed by atoms with Crippen LogP contribution in [0.15, 0.2) is 42.2 Å². The van der Waals surface area contributed by atoms with Crippen molar-refractivity contribution in [1.29, 1.82) is 0 Å². The Balaban J connectivity index is 1.98. The minimum absolute atomic E-state index is 0.214. The summed E-state index contributed by atoms with van der Waals surface area (Å²) < 4.78 is 0. The molecule has 0 bridgehead atoms. The Labute approximate surface area is 117 Å². The zero-order valence-electron chi connectivity index (χ0n) is 11.1. The van der Waals surface area contributed by atoms with Crippen molar-refractivity contribution < 1.29 is 9.59 Å². The van der Waals surface area contributed by atoms with Crippen LogP contribution in [0.1, 0.15) is 5.56 Å². The number of carbonyl (C=O) groups is 2. The summed E-state index contributed by atoms with van der Waals surface area (Å²) in [4.78, 5) is 23.8. The van der Waals surface area contributed by atoms with Gasteiger partial charge in [0.25, 0.3) is 5.91 Å². The highest BCUT2D eigenvalue weighted by molar-refractivity contribution is 6.04. The third-order valence-corrected chi connectivity index (χ3v) is 2.94. The summed E-state index contributed by atoms with van der Waals surface area (Å²) in [5, 5.41) is 8.16. The predicted octanol–water partition coefficient (Wildman–Crippen LogP) is -0.767. The van der Waals surface area contributed by atoms with E-state index in [0.29, 0.717) is 19.5 Å². The highest BCUT2D eigenvalue weighted by Gasteiger charge is 2.29. The summed E-state index contributed by atoms with van der Waals surface area (Å²) in [6.07, 6.45) is 1.95. The summed E-state index contributed by atoms with van der Waals surface area (Å²) in [5.74, 6) is -0.510. The van der Waals surface area contributed by atoms with Crippen molar-refractivity contribution in [3.63, 3.8) is 0 Å². The van der Waals surface area contributed by atoms with E-state index in [9.17, 15) is 9.59 Å². The molecule has 1 aromatic rings. The van der Waals surface area contributed by atoms with Crippen molar-refractivity contribution in [2.45, 2.75) is 12.5 Å². The highest BCUT2D eigenvalue weighted by atomic mass is 16.2. The van der Waals surface area contributed by atoms with Crippen LogP contribution in [-0.2, 0) is 16.0 Å². The van der Waals surface area contributed by atoms with Gasteiger partial charge in [-0.05, 0) is 5.56 Å². The molecular formula is C14H18N4O2. The molecule has 1 fully saturated rings. The van der Waals surface area contributed by atoms with E-state index in [1.54, 1.807) is 0 Å². The van der Waals surface area contributed by atoms with E-state index in [4.69, 9.17) is 5.73 Å². The molecule has 0 radical (unpaired) electrons. The molecule has 20 heavy (non-hydrogen) atoms. The van der Waals surface area contributed by atoms with Gasteiger partial charge in [-0.1, -0.05) is 30.3 Å². The van der Waals surface area contributed by atoms with Gasteiger partial charge >= 0.3 is 0 Å². The minimum atomic E-state index is -0.545. The maximum Gasteiger partial charge on any atom is 0.269 e. The lowest BCUT2D eigenvalue weighted by atomic mass is 10.0. The number of benzene rings is 1. The van der Waals surface area contributed by atoms with Crippen LogP contribution < -0.4 is 21.7 Å². The molecule has 1 aromatic carbocycles. The molecule has 6 heteroatoms. The Bertz CT molecular complexity index is 513. The molecule has 1 saturated heterocycles. The van der Waals surface area contributed by atoms with Crippen LogP contribution in [0.5, 0.6) is 0 Å². The van der Waals surface area contributed by atoms with E-state index in [-0.39, 0.29) is 17.5 Å². The first-order valence-electron chi connectivity index (χ1n) is 6.50. The largest absolute Gasteiger partial charge is 0.388 e. The number of amides is 2. The van der Waals surface area contributed by atoms with E-state index in [1.165, 1.54) is 6.20 Å². The Kier molecular flexibility index (Phi) is 4.73. The van der Waals surface area contributed by atoms with Gasteiger partial charge in [0.15, 0.2) is 0 Å². The second kappa shape index (κ2) is 6.72. The van der Waals surface area contributed by atoms with Crippen LogP contribution in [0.2, 0.25) is 0 Å². The fraction of sp³-hybridized carbons (Fsp3) is 0.286. The first kappa shape index (κ1) is 14.1. The van der Waals surface area contributed by atoms with Crippen LogP contribution in [0.4, 0.5) is 0 Å². The molecule has 0 aliphatic carbocycles. The zero-order chi connectivity index (χ0) is 14.4. The van der Waals surface area contributed by atoms with Crippen LogP contribution in [-0.4, -0.2) is 30.9 Å². The average molecular weight is 274 g/mol. The van der Waals surface area contributed by atoms with Crippen molar-refractivity contribution in [3.8, 4) is 0 Å².